The molecule has 0 unspecified atom stereocenters. The van der Waals surface area contributed by atoms with Crippen LogP contribution in [-0.2, 0) is 9.53 Å². The average molecular weight is 250 g/mol. The molecule has 0 N–H and O–H groups in total. The van der Waals surface area contributed by atoms with Gasteiger partial charge in [0.1, 0.15) is 5.75 Å². The van der Waals surface area contributed by atoms with Crippen molar-refractivity contribution in [3.8, 4) is 5.75 Å². The summed E-state index contributed by atoms with van der Waals surface area (Å²) in [6.07, 6.45) is 0. The van der Waals surface area contributed by atoms with Gasteiger partial charge < -0.3 is 9.47 Å². The summed E-state index contributed by atoms with van der Waals surface area (Å²) in [4.78, 5) is 22.0. The van der Waals surface area contributed by atoms with E-state index in [0.29, 0.717) is 24.4 Å². The van der Waals surface area contributed by atoms with Gasteiger partial charge in [0.15, 0.2) is 0 Å². The molecule has 0 radical (unpaired) electrons. The van der Waals surface area contributed by atoms with Crippen LogP contribution < -0.4 is 4.74 Å². The summed E-state index contributed by atoms with van der Waals surface area (Å²) in [6.45, 7) is 2.40. The first kappa shape index (κ1) is 11.6. The summed E-state index contributed by atoms with van der Waals surface area (Å²) in [7, 11) is 0. The van der Waals surface area contributed by atoms with Crippen molar-refractivity contribution in [2.45, 2.75) is 6.92 Å². The Morgan fingerprint density at radius 2 is 2.29 bits per heavy atom. The van der Waals surface area contributed by atoms with E-state index in [2.05, 4.69) is 0 Å². The van der Waals surface area contributed by atoms with E-state index in [9.17, 15) is 9.59 Å². The first-order valence-electron chi connectivity index (χ1n) is 5.05. The van der Waals surface area contributed by atoms with E-state index in [0.717, 1.165) is 10.1 Å². The van der Waals surface area contributed by atoms with Gasteiger partial charge >= 0.3 is 5.97 Å². The molecule has 1 aromatic heterocycles. The Morgan fingerprint density at radius 1 is 1.47 bits per heavy atom. The van der Waals surface area contributed by atoms with Gasteiger partial charge in [0.2, 0.25) is 0 Å². The van der Waals surface area contributed by atoms with Gasteiger partial charge in [0.25, 0.3) is 6.47 Å². The monoisotopic (exact) mass is 250 g/mol. The van der Waals surface area contributed by atoms with Crippen LogP contribution in [0.4, 0.5) is 0 Å². The predicted molar refractivity (Wildman–Crippen MR) is 64.5 cm³/mol. The Labute approximate surface area is 102 Å². The topological polar surface area (TPSA) is 52.6 Å². The summed E-state index contributed by atoms with van der Waals surface area (Å²) in [6, 6.07) is 5.09. The van der Waals surface area contributed by atoms with Crippen molar-refractivity contribution in [3.63, 3.8) is 0 Å². The molecular formula is C12H10O4S. The Kier molecular flexibility index (Phi) is 3.39. The van der Waals surface area contributed by atoms with Crippen LogP contribution in [0.3, 0.4) is 0 Å². The fourth-order valence-corrected chi connectivity index (χ4v) is 2.36. The molecular weight excluding hydrogens is 240 g/mol. The van der Waals surface area contributed by atoms with Crippen LogP contribution in [0.25, 0.3) is 10.1 Å². The van der Waals surface area contributed by atoms with Crippen molar-refractivity contribution in [3.05, 3.63) is 29.1 Å². The van der Waals surface area contributed by atoms with Gasteiger partial charge in [-0.1, -0.05) is 0 Å². The molecule has 5 heteroatoms. The van der Waals surface area contributed by atoms with Crippen molar-refractivity contribution in [1.82, 2.24) is 0 Å². The van der Waals surface area contributed by atoms with Crippen LogP contribution in [0.1, 0.15) is 17.3 Å². The fraction of sp³-hybridized carbons (Fsp3) is 0.167. The molecule has 0 fully saturated rings. The maximum Gasteiger partial charge on any atom is 0.338 e. The summed E-state index contributed by atoms with van der Waals surface area (Å²) in [5.41, 5.74) is 0.388. The molecule has 17 heavy (non-hydrogen) atoms. The number of ether oxygens (including phenoxy) is 2. The van der Waals surface area contributed by atoms with Crippen molar-refractivity contribution in [2.24, 2.45) is 0 Å². The molecule has 0 amide bonds. The van der Waals surface area contributed by atoms with Crippen molar-refractivity contribution in [1.29, 1.82) is 0 Å². The highest BCUT2D eigenvalue weighted by atomic mass is 32.1. The molecule has 0 aliphatic carbocycles. The lowest BCUT2D eigenvalue weighted by atomic mass is 10.1. The molecule has 0 saturated carbocycles. The number of carbonyl (C=O) groups is 2. The average Bonchev–Trinajstić information content (AvgIpc) is 2.78. The highest BCUT2D eigenvalue weighted by molar-refractivity contribution is 7.17. The van der Waals surface area contributed by atoms with Crippen LogP contribution in [0.15, 0.2) is 23.6 Å². The first-order chi connectivity index (χ1) is 8.26. The summed E-state index contributed by atoms with van der Waals surface area (Å²) >= 11 is 1.47. The van der Waals surface area contributed by atoms with Crippen LogP contribution in [0, 0.1) is 0 Å². The van der Waals surface area contributed by atoms with Crippen molar-refractivity contribution >= 4 is 33.9 Å². The van der Waals surface area contributed by atoms with E-state index in [1.807, 2.05) is 11.4 Å². The quantitative estimate of drug-likeness (QED) is 0.618. The normalized spacial score (nSPS) is 10.2. The van der Waals surface area contributed by atoms with Gasteiger partial charge in [0, 0.05) is 10.1 Å². The number of hydrogen-bond donors (Lipinski definition) is 0. The van der Waals surface area contributed by atoms with Gasteiger partial charge in [0.05, 0.1) is 12.2 Å². The van der Waals surface area contributed by atoms with E-state index >= 15 is 0 Å². The number of esters is 1. The minimum absolute atomic E-state index is 0.311. The maximum absolute atomic E-state index is 11.6. The Bertz CT molecular complexity index is 559. The highest BCUT2D eigenvalue weighted by Crippen LogP contribution is 2.31. The zero-order valence-electron chi connectivity index (χ0n) is 9.14. The molecule has 4 nitrogen and oxygen atoms in total. The molecule has 1 aromatic carbocycles. The summed E-state index contributed by atoms with van der Waals surface area (Å²) in [5.74, 6) is -0.0413. The molecule has 1 heterocycles. The third-order valence-electron chi connectivity index (χ3n) is 2.22. The fourth-order valence-electron chi connectivity index (χ4n) is 1.52. The second-order valence-electron chi connectivity index (χ2n) is 3.24. The summed E-state index contributed by atoms with van der Waals surface area (Å²) in [5, 5.41) is 2.69. The van der Waals surface area contributed by atoms with Gasteiger partial charge in [-0.2, -0.15) is 0 Å². The number of hydrogen-bond acceptors (Lipinski definition) is 5. The van der Waals surface area contributed by atoms with Crippen LogP contribution in [0.5, 0.6) is 5.75 Å². The number of benzene rings is 1. The molecule has 0 bridgehead atoms. The van der Waals surface area contributed by atoms with Gasteiger partial charge in [-0.15, -0.1) is 11.3 Å². The Balaban J connectivity index is 2.50. The number of fused-ring (bicyclic) bond motifs is 1. The second kappa shape index (κ2) is 4.97. The number of carbonyl (C=O) groups excluding carboxylic acids is 2. The van der Waals surface area contributed by atoms with E-state index in [4.69, 9.17) is 9.47 Å². The van der Waals surface area contributed by atoms with E-state index < -0.39 is 5.97 Å². The van der Waals surface area contributed by atoms with Crippen LogP contribution in [0.2, 0.25) is 0 Å². The number of rotatable bonds is 4. The highest BCUT2D eigenvalue weighted by Gasteiger charge is 2.12. The minimum Gasteiger partial charge on any atom is -0.462 e. The van der Waals surface area contributed by atoms with Crippen LogP contribution in [-0.4, -0.2) is 19.0 Å². The molecule has 2 aromatic rings. The van der Waals surface area contributed by atoms with Crippen molar-refractivity contribution < 1.29 is 19.1 Å². The zero-order chi connectivity index (χ0) is 12.3. The molecule has 88 valence electrons. The van der Waals surface area contributed by atoms with E-state index in [-0.39, 0.29) is 0 Å². The molecule has 2 rings (SSSR count). The lowest BCUT2D eigenvalue weighted by Gasteiger charge is -2.05. The van der Waals surface area contributed by atoms with Gasteiger partial charge in [-0.25, -0.2) is 4.79 Å². The smallest absolute Gasteiger partial charge is 0.338 e. The third-order valence-corrected chi connectivity index (χ3v) is 3.08. The Hall–Kier alpha value is -1.88. The van der Waals surface area contributed by atoms with Gasteiger partial charge in [-0.05, 0) is 30.5 Å². The van der Waals surface area contributed by atoms with Crippen LogP contribution >= 0.6 is 11.3 Å². The summed E-state index contributed by atoms with van der Waals surface area (Å²) < 4.78 is 10.7. The molecule has 0 aliphatic heterocycles. The largest absolute Gasteiger partial charge is 0.462 e. The molecule has 0 aliphatic rings. The zero-order valence-corrected chi connectivity index (χ0v) is 9.95. The first-order valence-corrected chi connectivity index (χ1v) is 5.93. The molecule has 0 saturated heterocycles. The number of thiophene rings is 1. The standard InChI is InChI=1S/C12H10O4S/c1-2-15-12(14)8-5-10(16-7-13)9-3-4-17-11(9)6-8/h3-7H,2H2,1H3. The second-order valence-corrected chi connectivity index (χ2v) is 4.19. The lowest BCUT2D eigenvalue weighted by Crippen LogP contribution is -2.04. The molecule has 0 spiro atoms. The lowest BCUT2D eigenvalue weighted by molar-refractivity contribution is -0.120. The Morgan fingerprint density at radius 3 is 3.00 bits per heavy atom. The van der Waals surface area contributed by atoms with E-state index in [1.165, 1.54) is 17.4 Å². The predicted octanol–water partition coefficient (Wildman–Crippen LogP) is 2.61. The van der Waals surface area contributed by atoms with Gasteiger partial charge in [-0.3, -0.25) is 4.79 Å². The maximum atomic E-state index is 11.6. The van der Waals surface area contributed by atoms with Crippen molar-refractivity contribution in [2.75, 3.05) is 6.61 Å². The SMILES string of the molecule is CCOC(=O)c1cc(OC=O)c2ccsc2c1. The van der Waals surface area contributed by atoms with E-state index in [1.54, 1.807) is 13.0 Å². The third kappa shape index (κ3) is 2.29. The minimum atomic E-state index is -0.418. The molecule has 0 atom stereocenters.